The molecule has 0 bridgehead atoms. The molecule has 0 unspecified atom stereocenters. The molecule has 3 rings (SSSR count). The number of methoxy groups -OCH3 is 1. The molecule has 7 nitrogen and oxygen atoms in total. The van der Waals surface area contributed by atoms with Crippen molar-refractivity contribution in [2.45, 2.75) is 32.2 Å². The van der Waals surface area contributed by atoms with Crippen LogP contribution in [0.15, 0.2) is 78.4 Å². The highest BCUT2D eigenvalue weighted by atomic mass is 16.5. The van der Waals surface area contributed by atoms with Crippen LogP contribution in [0.4, 0.5) is 0 Å². The highest BCUT2D eigenvalue weighted by Gasteiger charge is 2.12. The normalized spacial score (nSPS) is 11.2. The zero-order valence-electron chi connectivity index (χ0n) is 19.3. The second-order valence-corrected chi connectivity index (χ2v) is 7.81. The molecule has 34 heavy (non-hydrogen) atoms. The average Bonchev–Trinajstić information content (AvgIpc) is 2.88. The molecule has 0 fully saturated rings. The number of hydrogen-bond acceptors (Lipinski definition) is 5. The van der Waals surface area contributed by atoms with E-state index in [2.05, 4.69) is 5.32 Å². The van der Waals surface area contributed by atoms with Gasteiger partial charge in [0.2, 0.25) is 5.91 Å². The SMILES string of the molecule is COc1ccc(CNC(=O)C(=CCCCCC(=O)NO)COc2cccc3ccccc23)cc1. The number of hydroxylamine groups is 1. The molecule has 178 valence electrons. The number of allylic oxidation sites excluding steroid dienone is 1. The van der Waals surface area contributed by atoms with E-state index in [9.17, 15) is 9.59 Å². The van der Waals surface area contributed by atoms with E-state index in [1.54, 1.807) is 12.6 Å². The first-order valence-electron chi connectivity index (χ1n) is 11.2. The van der Waals surface area contributed by atoms with E-state index in [0.717, 1.165) is 22.1 Å². The zero-order chi connectivity index (χ0) is 24.2. The van der Waals surface area contributed by atoms with Gasteiger partial charge in [0.1, 0.15) is 18.1 Å². The van der Waals surface area contributed by atoms with E-state index in [0.29, 0.717) is 37.1 Å². The second-order valence-electron chi connectivity index (χ2n) is 7.81. The summed E-state index contributed by atoms with van der Waals surface area (Å²) >= 11 is 0. The number of carbonyl (C=O) groups excluding carboxylic acids is 2. The fourth-order valence-corrected chi connectivity index (χ4v) is 3.50. The van der Waals surface area contributed by atoms with Gasteiger partial charge >= 0.3 is 0 Å². The summed E-state index contributed by atoms with van der Waals surface area (Å²) < 4.78 is 11.2. The largest absolute Gasteiger partial charge is 0.497 e. The molecule has 0 aromatic heterocycles. The van der Waals surface area contributed by atoms with E-state index in [-0.39, 0.29) is 18.9 Å². The lowest BCUT2D eigenvalue weighted by atomic mass is 10.1. The van der Waals surface area contributed by atoms with Crippen LogP contribution in [0.5, 0.6) is 11.5 Å². The number of rotatable bonds is 12. The molecule has 0 atom stereocenters. The molecule has 0 heterocycles. The molecule has 0 saturated heterocycles. The number of fused-ring (bicyclic) bond motifs is 1. The summed E-state index contributed by atoms with van der Waals surface area (Å²) in [5.74, 6) is 0.852. The Hall–Kier alpha value is -3.84. The Kier molecular flexibility index (Phi) is 9.49. The van der Waals surface area contributed by atoms with Crippen LogP contribution >= 0.6 is 0 Å². The van der Waals surface area contributed by atoms with Gasteiger partial charge in [0.25, 0.3) is 5.91 Å². The Morgan fingerprint density at radius 2 is 1.74 bits per heavy atom. The Bertz CT molecular complexity index is 1120. The van der Waals surface area contributed by atoms with Gasteiger partial charge in [-0.15, -0.1) is 0 Å². The van der Waals surface area contributed by atoms with Crippen LogP contribution in [0.1, 0.15) is 31.2 Å². The molecule has 0 aliphatic carbocycles. The monoisotopic (exact) mass is 462 g/mol. The zero-order valence-corrected chi connectivity index (χ0v) is 19.3. The summed E-state index contributed by atoms with van der Waals surface area (Å²) in [7, 11) is 1.61. The number of unbranched alkanes of at least 4 members (excludes halogenated alkanes) is 2. The fourth-order valence-electron chi connectivity index (χ4n) is 3.50. The van der Waals surface area contributed by atoms with Gasteiger partial charge in [0, 0.05) is 18.4 Å². The topological polar surface area (TPSA) is 96.9 Å². The van der Waals surface area contributed by atoms with Crippen LogP contribution in [-0.2, 0) is 16.1 Å². The minimum atomic E-state index is -0.416. The van der Waals surface area contributed by atoms with Crippen molar-refractivity contribution in [2.24, 2.45) is 0 Å². The molecular weight excluding hydrogens is 432 g/mol. The maximum Gasteiger partial charge on any atom is 0.250 e. The Labute approximate surface area is 199 Å². The number of nitrogens with one attached hydrogen (secondary N) is 2. The van der Waals surface area contributed by atoms with Gasteiger partial charge in [-0.1, -0.05) is 54.6 Å². The van der Waals surface area contributed by atoms with Crippen molar-refractivity contribution in [3.63, 3.8) is 0 Å². The van der Waals surface area contributed by atoms with Crippen LogP contribution in [0.3, 0.4) is 0 Å². The van der Waals surface area contributed by atoms with Crippen molar-refractivity contribution in [1.82, 2.24) is 10.8 Å². The molecule has 7 heteroatoms. The van der Waals surface area contributed by atoms with Gasteiger partial charge in [-0.25, -0.2) is 5.48 Å². The molecule has 0 spiro atoms. The van der Waals surface area contributed by atoms with Gasteiger partial charge in [0.05, 0.1) is 12.7 Å². The first-order chi connectivity index (χ1) is 16.6. The predicted molar refractivity (Wildman–Crippen MR) is 131 cm³/mol. The van der Waals surface area contributed by atoms with Gasteiger partial charge in [0.15, 0.2) is 0 Å². The minimum Gasteiger partial charge on any atom is -0.497 e. The maximum atomic E-state index is 13.0. The Balaban J connectivity index is 1.65. The first-order valence-corrected chi connectivity index (χ1v) is 11.2. The lowest BCUT2D eigenvalue weighted by molar-refractivity contribution is -0.129. The van der Waals surface area contributed by atoms with Gasteiger partial charge < -0.3 is 14.8 Å². The third-order valence-electron chi connectivity index (χ3n) is 5.41. The number of hydrogen-bond donors (Lipinski definition) is 3. The number of ether oxygens (including phenoxy) is 2. The Morgan fingerprint density at radius 3 is 2.50 bits per heavy atom. The van der Waals surface area contributed by atoms with Gasteiger partial charge in [-0.2, -0.15) is 0 Å². The van der Waals surface area contributed by atoms with Crippen LogP contribution in [-0.4, -0.2) is 30.7 Å². The van der Waals surface area contributed by atoms with Crippen molar-refractivity contribution < 1.29 is 24.3 Å². The van der Waals surface area contributed by atoms with Crippen LogP contribution in [0.25, 0.3) is 10.8 Å². The van der Waals surface area contributed by atoms with E-state index in [1.165, 1.54) is 0 Å². The van der Waals surface area contributed by atoms with Gasteiger partial charge in [-0.3, -0.25) is 14.8 Å². The van der Waals surface area contributed by atoms with Crippen LogP contribution in [0.2, 0.25) is 0 Å². The molecule has 3 aromatic carbocycles. The second kappa shape index (κ2) is 13.0. The van der Waals surface area contributed by atoms with E-state index < -0.39 is 5.91 Å². The van der Waals surface area contributed by atoms with Crippen molar-refractivity contribution in [3.8, 4) is 11.5 Å². The third kappa shape index (κ3) is 7.35. The van der Waals surface area contributed by atoms with Crippen molar-refractivity contribution in [2.75, 3.05) is 13.7 Å². The standard InChI is InChI=1S/C27H30N2O5/c1-33-23-16-14-20(15-17-23)18-28-27(31)22(9-3-2-4-13-26(30)29-32)19-34-25-12-7-10-21-8-5-6-11-24(21)25/h5-12,14-17,32H,2-4,13,18-19H2,1H3,(H,28,31)(H,29,30). The smallest absolute Gasteiger partial charge is 0.250 e. The lowest BCUT2D eigenvalue weighted by Gasteiger charge is -2.13. The fraction of sp³-hybridized carbons (Fsp3) is 0.259. The van der Waals surface area contributed by atoms with Gasteiger partial charge in [-0.05, 0) is 48.4 Å². The summed E-state index contributed by atoms with van der Waals surface area (Å²) in [4.78, 5) is 24.1. The molecule has 3 aromatic rings. The molecule has 3 N–H and O–H groups in total. The van der Waals surface area contributed by atoms with E-state index in [1.807, 2.05) is 72.8 Å². The molecule has 0 aliphatic heterocycles. The Morgan fingerprint density at radius 1 is 0.971 bits per heavy atom. The first kappa shape index (κ1) is 24.8. The highest BCUT2D eigenvalue weighted by molar-refractivity contribution is 5.94. The van der Waals surface area contributed by atoms with E-state index >= 15 is 0 Å². The van der Waals surface area contributed by atoms with Crippen LogP contribution < -0.4 is 20.3 Å². The highest BCUT2D eigenvalue weighted by Crippen LogP contribution is 2.25. The predicted octanol–water partition coefficient (Wildman–Crippen LogP) is 4.54. The molecule has 0 saturated carbocycles. The lowest BCUT2D eigenvalue weighted by Crippen LogP contribution is -2.27. The van der Waals surface area contributed by atoms with Crippen molar-refractivity contribution >= 4 is 22.6 Å². The molecule has 2 amide bonds. The summed E-state index contributed by atoms with van der Waals surface area (Å²) in [6.07, 6.45) is 4.01. The third-order valence-corrected chi connectivity index (χ3v) is 5.41. The minimum absolute atomic E-state index is 0.125. The van der Waals surface area contributed by atoms with E-state index in [4.69, 9.17) is 14.7 Å². The van der Waals surface area contributed by atoms with Crippen molar-refractivity contribution in [3.05, 3.63) is 83.9 Å². The number of amides is 2. The summed E-state index contributed by atoms with van der Waals surface area (Å²) in [6, 6.07) is 21.3. The summed E-state index contributed by atoms with van der Waals surface area (Å²) in [5.41, 5.74) is 3.11. The number of benzene rings is 3. The molecule has 0 radical (unpaired) electrons. The summed E-state index contributed by atoms with van der Waals surface area (Å²) in [6.45, 7) is 0.505. The average molecular weight is 463 g/mol. The summed E-state index contributed by atoms with van der Waals surface area (Å²) in [5, 5.41) is 13.6. The number of carbonyl (C=O) groups is 2. The molecule has 0 aliphatic rings. The van der Waals surface area contributed by atoms with Crippen molar-refractivity contribution in [1.29, 1.82) is 0 Å². The maximum absolute atomic E-state index is 13.0. The van der Waals surface area contributed by atoms with Crippen LogP contribution in [0, 0.1) is 0 Å². The quantitative estimate of drug-likeness (QED) is 0.159. The molecular formula is C27H30N2O5.